The fourth-order valence-corrected chi connectivity index (χ4v) is 4.34. The first kappa shape index (κ1) is 21.4. The van der Waals surface area contributed by atoms with E-state index in [4.69, 9.17) is 9.47 Å². The second kappa shape index (κ2) is 9.48. The highest BCUT2D eigenvalue weighted by Gasteiger charge is 2.41. The van der Waals surface area contributed by atoms with Gasteiger partial charge in [-0.05, 0) is 44.9 Å². The molecule has 6 nitrogen and oxygen atoms in total. The number of hydrogen-bond donors (Lipinski definition) is 0. The number of rotatable bonds is 7. The third-order valence-electron chi connectivity index (χ3n) is 4.73. The monoisotopic (exact) mass is 416 g/mol. The fourth-order valence-electron chi connectivity index (χ4n) is 3.33. The molecule has 156 valence electrons. The van der Waals surface area contributed by atoms with Gasteiger partial charge in [-0.25, -0.2) is 9.79 Å². The lowest BCUT2D eigenvalue weighted by atomic mass is 9.94. The molecule has 1 fully saturated rings. The molecule has 0 saturated carbocycles. The molecule has 0 N–H and O–H groups in total. The average molecular weight is 417 g/mol. The Morgan fingerprint density at radius 2 is 2.03 bits per heavy atom. The van der Waals surface area contributed by atoms with Crippen LogP contribution in [0.3, 0.4) is 0 Å². The van der Waals surface area contributed by atoms with E-state index < -0.39 is 12.0 Å². The van der Waals surface area contributed by atoms with Crippen molar-refractivity contribution in [3.05, 3.63) is 41.1 Å². The van der Waals surface area contributed by atoms with E-state index in [0.717, 1.165) is 24.2 Å². The Kier molecular flexibility index (Phi) is 7.00. The van der Waals surface area contributed by atoms with Crippen molar-refractivity contribution in [2.24, 2.45) is 4.99 Å². The van der Waals surface area contributed by atoms with Gasteiger partial charge in [-0.1, -0.05) is 37.2 Å². The fraction of sp³-hybridized carbons (Fsp3) is 0.500. The van der Waals surface area contributed by atoms with Crippen LogP contribution in [0.15, 0.2) is 40.5 Å². The summed E-state index contributed by atoms with van der Waals surface area (Å²) in [5, 5.41) is 0.646. The van der Waals surface area contributed by atoms with E-state index in [-0.39, 0.29) is 12.0 Å². The van der Waals surface area contributed by atoms with Crippen LogP contribution in [0.2, 0.25) is 0 Å². The molecule has 2 aliphatic heterocycles. The van der Waals surface area contributed by atoms with Gasteiger partial charge in [-0.2, -0.15) is 0 Å². The number of fused-ring (bicyclic) bond motifs is 1. The van der Waals surface area contributed by atoms with E-state index in [1.807, 2.05) is 38.1 Å². The number of allylic oxidation sites excluding steroid dienone is 1. The molecule has 0 spiro atoms. The normalized spacial score (nSPS) is 19.2. The number of amidine groups is 1. The predicted molar refractivity (Wildman–Crippen MR) is 115 cm³/mol. The van der Waals surface area contributed by atoms with Gasteiger partial charge >= 0.3 is 5.97 Å². The SMILES string of the molecule is CCCCOc1ccc([C@@H]2C(C(=O)OC(C)C)=C(C)N=C3SCCC(=O)N32)cc1. The van der Waals surface area contributed by atoms with E-state index in [1.54, 1.807) is 23.6 Å². The molecule has 1 amide bonds. The Morgan fingerprint density at radius 1 is 1.31 bits per heavy atom. The Bertz CT molecular complexity index is 830. The summed E-state index contributed by atoms with van der Waals surface area (Å²) in [7, 11) is 0. The molecule has 2 aliphatic rings. The zero-order valence-electron chi connectivity index (χ0n) is 17.4. The topological polar surface area (TPSA) is 68.2 Å². The number of unbranched alkanes of at least 4 members (excludes halogenated alkanes) is 1. The van der Waals surface area contributed by atoms with Crippen molar-refractivity contribution in [2.45, 2.75) is 59.1 Å². The van der Waals surface area contributed by atoms with E-state index in [0.29, 0.717) is 35.2 Å². The van der Waals surface area contributed by atoms with E-state index in [9.17, 15) is 9.59 Å². The number of esters is 1. The van der Waals surface area contributed by atoms with Crippen LogP contribution in [0.5, 0.6) is 5.75 Å². The van der Waals surface area contributed by atoms with Crippen LogP contribution in [0.1, 0.15) is 58.6 Å². The molecule has 0 aromatic heterocycles. The van der Waals surface area contributed by atoms with E-state index >= 15 is 0 Å². The van der Waals surface area contributed by atoms with Gasteiger partial charge < -0.3 is 9.47 Å². The standard InChI is InChI=1S/C22H28N2O4S/c1-5-6-12-27-17-9-7-16(8-10-17)20-19(21(26)28-14(2)3)15(4)23-22-24(20)18(25)11-13-29-22/h7-10,14,20H,5-6,11-13H2,1-4H3/t20-/m1/s1. The molecule has 0 unspecified atom stereocenters. The largest absolute Gasteiger partial charge is 0.494 e. The maximum atomic E-state index is 12.9. The molecule has 1 atom stereocenters. The number of ether oxygens (including phenoxy) is 2. The molecule has 2 heterocycles. The van der Waals surface area contributed by atoms with Crippen molar-refractivity contribution in [2.75, 3.05) is 12.4 Å². The number of benzene rings is 1. The Morgan fingerprint density at radius 3 is 2.69 bits per heavy atom. The molecule has 0 aliphatic carbocycles. The number of hydrogen-bond acceptors (Lipinski definition) is 6. The summed E-state index contributed by atoms with van der Waals surface area (Å²) in [6.45, 7) is 8.21. The minimum Gasteiger partial charge on any atom is -0.494 e. The lowest BCUT2D eigenvalue weighted by molar-refractivity contribution is -0.143. The van der Waals surface area contributed by atoms with Crippen LogP contribution in [0, 0.1) is 0 Å². The molecular formula is C22H28N2O4S. The van der Waals surface area contributed by atoms with Crippen LogP contribution in [-0.4, -0.2) is 40.4 Å². The Balaban J connectivity index is 1.98. The lowest BCUT2D eigenvalue weighted by Gasteiger charge is -2.39. The molecule has 7 heteroatoms. The molecule has 0 radical (unpaired) electrons. The Labute approximate surface area is 176 Å². The molecule has 1 saturated heterocycles. The highest BCUT2D eigenvalue weighted by Crippen LogP contribution is 2.40. The van der Waals surface area contributed by atoms with Crippen molar-refractivity contribution in [3.63, 3.8) is 0 Å². The van der Waals surface area contributed by atoms with Gasteiger partial charge in [0.1, 0.15) is 5.75 Å². The van der Waals surface area contributed by atoms with Crippen molar-refractivity contribution in [3.8, 4) is 5.75 Å². The highest BCUT2D eigenvalue weighted by atomic mass is 32.2. The summed E-state index contributed by atoms with van der Waals surface area (Å²) in [4.78, 5) is 31.9. The maximum absolute atomic E-state index is 12.9. The smallest absolute Gasteiger partial charge is 0.338 e. The summed E-state index contributed by atoms with van der Waals surface area (Å²) in [5.41, 5.74) is 1.85. The number of nitrogens with zero attached hydrogens (tertiary/aromatic N) is 2. The second-order valence-corrected chi connectivity index (χ2v) is 8.45. The van der Waals surface area contributed by atoms with Gasteiger partial charge in [0.05, 0.1) is 30.0 Å². The van der Waals surface area contributed by atoms with Crippen LogP contribution in [-0.2, 0) is 14.3 Å². The molecule has 3 rings (SSSR count). The number of thioether (sulfide) groups is 1. The van der Waals surface area contributed by atoms with E-state index in [1.165, 1.54) is 0 Å². The summed E-state index contributed by atoms with van der Waals surface area (Å²) in [6, 6.07) is 7.06. The zero-order valence-corrected chi connectivity index (χ0v) is 18.3. The average Bonchev–Trinajstić information content (AvgIpc) is 2.67. The number of carbonyl (C=O) groups is 2. The molecule has 29 heavy (non-hydrogen) atoms. The van der Waals surface area contributed by atoms with Gasteiger partial charge in [0.25, 0.3) is 0 Å². The first-order valence-electron chi connectivity index (χ1n) is 10.1. The summed E-state index contributed by atoms with van der Waals surface area (Å²) in [6.07, 6.45) is 2.23. The number of amides is 1. The van der Waals surface area contributed by atoms with Crippen molar-refractivity contribution < 1.29 is 19.1 Å². The summed E-state index contributed by atoms with van der Waals surface area (Å²) >= 11 is 1.54. The third kappa shape index (κ3) is 4.83. The lowest BCUT2D eigenvalue weighted by Crippen LogP contribution is -2.46. The maximum Gasteiger partial charge on any atom is 0.338 e. The van der Waals surface area contributed by atoms with Gasteiger partial charge in [-0.15, -0.1) is 0 Å². The third-order valence-corrected chi connectivity index (χ3v) is 5.69. The van der Waals surface area contributed by atoms with Crippen LogP contribution >= 0.6 is 11.8 Å². The van der Waals surface area contributed by atoms with Crippen molar-refractivity contribution in [1.29, 1.82) is 0 Å². The minimum atomic E-state index is -0.543. The Hall–Kier alpha value is -2.28. The quantitative estimate of drug-likeness (QED) is 0.485. The van der Waals surface area contributed by atoms with E-state index in [2.05, 4.69) is 11.9 Å². The van der Waals surface area contributed by atoms with Gasteiger partial charge in [-0.3, -0.25) is 9.69 Å². The summed E-state index contributed by atoms with van der Waals surface area (Å²) < 4.78 is 11.2. The minimum absolute atomic E-state index is 0.0295. The van der Waals surface area contributed by atoms with Gasteiger partial charge in [0.2, 0.25) is 5.91 Å². The number of aliphatic imine (C=N–C) groups is 1. The molecule has 0 bridgehead atoms. The van der Waals surface area contributed by atoms with Gasteiger partial charge in [0, 0.05) is 12.2 Å². The second-order valence-electron chi connectivity index (χ2n) is 7.38. The van der Waals surface area contributed by atoms with Crippen molar-refractivity contribution >= 4 is 28.8 Å². The predicted octanol–water partition coefficient (Wildman–Crippen LogP) is 4.47. The van der Waals surface area contributed by atoms with Crippen LogP contribution < -0.4 is 4.74 Å². The number of carbonyl (C=O) groups excluding carboxylic acids is 2. The molecule has 1 aromatic carbocycles. The van der Waals surface area contributed by atoms with Crippen molar-refractivity contribution in [1.82, 2.24) is 4.90 Å². The van der Waals surface area contributed by atoms with Gasteiger partial charge in [0.15, 0.2) is 5.17 Å². The molecule has 1 aromatic rings. The molecular weight excluding hydrogens is 388 g/mol. The van der Waals surface area contributed by atoms with Crippen LogP contribution in [0.25, 0.3) is 0 Å². The first-order valence-corrected chi connectivity index (χ1v) is 11.1. The highest BCUT2D eigenvalue weighted by molar-refractivity contribution is 8.14. The summed E-state index contributed by atoms with van der Waals surface area (Å²) in [5.74, 6) is 1.01. The van der Waals surface area contributed by atoms with Crippen LogP contribution in [0.4, 0.5) is 0 Å². The zero-order chi connectivity index (χ0) is 21.0. The first-order chi connectivity index (χ1) is 13.9.